The number of aromatic nitrogens is 2. The third-order valence-corrected chi connectivity index (χ3v) is 6.64. The molecule has 2 N–H and O–H groups in total. The molecule has 0 bridgehead atoms. The highest BCUT2D eigenvalue weighted by atomic mass is 32.2. The molecule has 11 heteroatoms. The van der Waals surface area contributed by atoms with Gasteiger partial charge in [-0.3, -0.25) is 9.29 Å². The van der Waals surface area contributed by atoms with E-state index < -0.39 is 6.36 Å². The van der Waals surface area contributed by atoms with Crippen molar-refractivity contribution < 1.29 is 22.7 Å². The van der Waals surface area contributed by atoms with E-state index in [2.05, 4.69) is 24.2 Å². The van der Waals surface area contributed by atoms with Gasteiger partial charge in [0.2, 0.25) is 0 Å². The lowest BCUT2D eigenvalue weighted by Crippen LogP contribution is -2.22. The number of halogens is 3. The quantitative estimate of drug-likeness (QED) is 0.170. The molecule has 1 heterocycles. The molecule has 0 saturated carbocycles. The standard InChI is InChI=1S/C28H22F3N5O2S/c1-17-4-3-5-24(18(17)2)34-27(37)35-39-33-15-19-6-12-23-20(14-19)7-13-25-26(23)32-16-36(25)21-8-10-22(11-9-21)38-28(29,30)31/h3-16H,1-2H3,(H2,34,35,37). The summed E-state index contributed by atoms with van der Waals surface area (Å²) in [4.78, 5) is 16.7. The van der Waals surface area contributed by atoms with E-state index in [-0.39, 0.29) is 11.8 Å². The number of carbonyl (C=O) groups excluding carboxylic acids is 1. The lowest BCUT2D eigenvalue weighted by atomic mass is 10.1. The average Bonchev–Trinajstić information content (AvgIpc) is 3.33. The minimum Gasteiger partial charge on any atom is -0.406 e. The van der Waals surface area contributed by atoms with Crippen molar-refractivity contribution in [2.45, 2.75) is 20.2 Å². The number of imidazole rings is 1. The number of hydrogen-bond acceptors (Lipinski definition) is 5. The summed E-state index contributed by atoms with van der Waals surface area (Å²) >= 11 is 0.919. The summed E-state index contributed by atoms with van der Waals surface area (Å²) in [5.74, 6) is -0.286. The largest absolute Gasteiger partial charge is 0.573 e. The molecule has 0 aliphatic rings. The van der Waals surface area contributed by atoms with Crippen molar-refractivity contribution in [2.75, 3.05) is 5.32 Å². The normalized spacial score (nSPS) is 11.8. The number of anilines is 1. The fourth-order valence-electron chi connectivity index (χ4n) is 4.11. The van der Waals surface area contributed by atoms with E-state index in [1.807, 2.05) is 62.4 Å². The Labute approximate surface area is 226 Å². The van der Waals surface area contributed by atoms with Gasteiger partial charge < -0.3 is 10.1 Å². The van der Waals surface area contributed by atoms with Crippen molar-refractivity contribution in [2.24, 2.45) is 4.40 Å². The number of hydrogen-bond donors (Lipinski definition) is 2. The van der Waals surface area contributed by atoms with Gasteiger partial charge in [0.1, 0.15) is 12.1 Å². The van der Waals surface area contributed by atoms with Gasteiger partial charge >= 0.3 is 12.4 Å². The SMILES string of the molecule is Cc1cccc(NC(=O)NSN=Cc2ccc3c(ccc4c3ncn4-c3ccc(OC(F)(F)F)cc3)c2)c1C. The van der Waals surface area contributed by atoms with Gasteiger partial charge in [-0.15, -0.1) is 13.2 Å². The average molecular weight is 550 g/mol. The molecule has 0 radical (unpaired) electrons. The van der Waals surface area contributed by atoms with Crippen LogP contribution in [0.3, 0.4) is 0 Å². The Balaban J connectivity index is 1.27. The molecule has 4 aromatic carbocycles. The van der Waals surface area contributed by atoms with E-state index in [1.165, 1.54) is 12.1 Å². The molecule has 0 fully saturated rings. The molecule has 5 aromatic rings. The van der Waals surface area contributed by atoms with Gasteiger partial charge in [-0.05, 0) is 78.4 Å². The monoisotopic (exact) mass is 549 g/mol. The van der Waals surface area contributed by atoms with Gasteiger partial charge in [0.05, 0.1) is 23.2 Å². The second-order valence-electron chi connectivity index (χ2n) is 8.70. The fraction of sp³-hybridized carbons (Fsp3) is 0.107. The molecule has 5 rings (SSSR count). The molecule has 7 nitrogen and oxygen atoms in total. The van der Waals surface area contributed by atoms with E-state index in [4.69, 9.17) is 0 Å². The zero-order valence-electron chi connectivity index (χ0n) is 20.8. The number of rotatable bonds is 6. The third-order valence-electron chi connectivity index (χ3n) is 6.15. The number of amides is 2. The Morgan fingerprint density at radius 3 is 2.62 bits per heavy atom. The van der Waals surface area contributed by atoms with Crippen LogP contribution >= 0.6 is 12.1 Å². The maximum Gasteiger partial charge on any atom is 0.573 e. The molecule has 0 unspecified atom stereocenters. The van der Waals surface area contributed by atoms with Crippen LogP contribution in [0.2, 0.25) is 0 Å². The number of alkyl halides is 3. The van der Waals surface area contributed by atoms with E-state index in [0.717, 1.165) is 56.3 Å². The molecular formula is C28H22F3N5O2S. The molecular weight excluding hydrogens is 527 g/mol. The van der Waals surface area contributed by atoms with Crippen molar-refractivity contribution in [3.63, 3.8) is 0 Å². The van der Waals surface area contributed by atoms with E-state index in [9.17, 15) is 18.0 Å². The van der Waals surface area contributed by atoms with E-state index >= 15 is 0 Å². The van der Waals surface area contributed by atoms with Crippen molar-refractivity contribution >= 4 is 51.9 Å². The van der Waals surface area contributed by atoms with Crippen LogP contribution in [0.5, 0.6) is 5.75 Å². The Kier molecular flexibility index (Phi) is 7.16. The highest BCUT2D eigenvalue weighted by Crippen LogP contribution is 2.29. The maximum atomic E-state index is 12.4. The molecule has 0 spiro atoms. The summed E-state index contributed by atoms with van der Waals surface area (Å²) < 4.78 is 50.0. The Hall–Kier alpha value is -4.51. The number of nitrogens with zero attached hydrogens (tertiary/aromatic N) is 3. The van der Waals surface area contributed by atoms with Gasteiger partial charge in [0, 0.05) is 23.0 Å². The van der Waals surface area contributed by atoms with Crippen LogP contribution in [0.15, 0.2) is 83.5 Å². The zero-order chi connectivity index (χ0) is 27.6. The number of aryl methyl sites for hydroxylation is 1. The topological polar surface area (TPSA) is 80.5 Å². The summed E-state index contributed by atoms with van der Waals surface area (Å²) in [5.41, 5.74) is 5.89. The predicted molar refractivity (Wildman–Crippen MR) is 149 cm³/mol. The molecule has 0 saturated heterocycles. The first-order valence-electron chi connectivity index (χ1n) is 11.8. The highest BCUT2D eigenvalue weighted by Gasteiger charge is 2.31. The van der Waals surface area contributed by atoms with Crippen molar-refractivity contribution in [1.29, 1.82) is 0 Å². The third kappa shape index (κ3) is 5.99. The number of benzene rings is 4. The molecule has 0 aliphatic heterocycles. The first-order chi connectivity index (χ1) is 18.7. The minimum atomic E-state index is -4.74. The zero-order valence-corrected chi connectivity index (χ0v) is 21.6. The van der Waals surface area contributed by atoms with Gasteiger partial charge in [0.25, 0.3) is 0 Å². The first kappa shape index (κ1) is 26.1. The lowest BCUT2D eigenvalue weighted by molar-refractivity contribution is -0.274. The van der Waals surface area contributed by atoms with Crippen LogP contribution in [-0.4, -0.2) is 28.2 Å². The van der Waals surface area contributed by atoms with Crippen LogP contribution in [-0.2, 0) is 0 Å². The van der Waals surface area contributed by atoms with Crippen LogP contribution in [0.4, 0.5) is 23.7 Å². The number of urea groups is 1. The van der Waals surface area contributed by atoms with Crippen LogP contribution in [0.25, 0.3) is 27.5 Å². The number of ether oxygens (including phenoxy) is 1. The van der Waals surface area contributed by atoms with Crippen LogP contribution in [0, 0.1) is 13.8 Å². The summed E-state index contributed by atoms with van der Waals surface area (Å²) in [6.07, 6.45) is -1.46. The van der Waals surface area contributed by atoms with E-state index in [1.54, 1.807) is 29.2 Å². The highest BCUT2D eigenvalue weighted by molar-refractivity contribution is 7.96. The Bertz CT molecular complexity index is 1700. The van der Waals surface area contributed by atoms with Crippen molar-refractivity contribution in [3.8, 4) is 11.4 Å². The number of fused-ring (bicyclic) bond motifs is 3. The Morgan fingerprint density at radius 2 is 1.85 bits per heavy atom. The molecule has 198 valence electrons. The predicted octanol–water partition coefficient (Wildman–Crippen LogP) is 7.50. The van der Waals surface area contributed by atoms with Gasteiger partial charge in [0.15, 0.2) is 0 Å². The van der Waals surface area contributed by atoms with Crippen LogP contribution in [0.1, 0.15) is 16.7 Å². The second kappa shape index (κ2) is 10.7. The molecule has 39 heavy (non-hydrogen) atoms. The lowest BCUT2D eigenvalue weighted by Gasteiger charge is -2.10. The smallest absolute Gasteiger partial charge is 0.406 e. The van der Waals surface area contributed by atoms with Crippen molar-refractivity contribution in [1.82, 2.24) is 14.3 Å². The molecule has 0 aliphatic carbocycles. The van der Waals surface area contributed by atoms with Gasteiger partial charge in [-0.25, -0.2) is 14.2 Å². The summed E-state index contributed by atoms with van der Waals surface area (Å²) in [7, 11) is 0. The first-order valence-corrected chi connectivity index (χ1v) is 12.5. The molecule has 1 aromatic heterocycles. The number of carbonyl (C=O) groups is 1. The number of nitrogens with one attached hydrogen (secondary N) is 2. The van der Waals surface area contributed by atoms with E-state index in [0.29, 0.717) is 5.69 Å². The summed E-state index contributed by atoms with van der Waals surface area (Å²) in [5, 5.41) is 4.67. The molecule has 0 atom stereocenters. The van der Waals surface area contributed by atoms with Gasteiger partial charge in [-0.2, -0.15) is 0 Å². The van der Waals surface area contributed by atoms with Gasteiger partial charge in [-0.1, -0.05) is 30.3 Å². The summed E-state index contributed by atoms with van der Waals surface area (Å²) in [6.45, 7) is 3.93. The fourth-order valence-corrected chi connectivity index (χ4v) is 4.47. The van der Waals surface area contributed by atoms with Crippen LogP contribution < -0.4 is 14.8 Å². The minimum absolute atomic E-state index is 0.286. The molecule has 2 amide bonds. The Morgan fingerprint density at radius 1 is 1.05 bits per heavy atom. The second-order valence-corrected chi connectivity index (χ2v) is 9.30. The summed E-state index contributed by atoms with van der Waals surface area (Å²) in [6, 6.07) is 20.6. The maximum absolute atomic E-state index is 12.4. The van der Waals surface area contributed by atoms with Crippen molar-refractivity contribution in [3.05, 3.63) is 95.8 Å².